The summed E-state index contributed by atoms with van der Waals surface area (Å²) in [6.45, 7) is 4.06. The monoisotopic (exact) mass is 256 g/mol. The summed E-state index contributed by atoms with van der Waals surface area (Å²) in [5.74, 6) is -0.345. The Labute approximate surface area is 104 Å². The third kappa shape index (κ3) is 2.52. The zero-order chi connectivity index (χ0) is 12.6. The lowest BCUT2D eigenvalue weighted by Crippen LogP contribution is -2.27. The number of rotatable bonds is 1. The van der Waals surface area contributed by atoms with Gasteiger partial charge < -0.3 is 10.6 Å². The molecule has 1 atom stereocenters. The molecule has 0 fully saturated rings. The summed E-state index contributed by atoms with van der Waals surface area (Å²) in [5, 5.41) is 5.95. The van der Waals surface area contributed by atoms with Gasteiger partial charge in [-0.25, -0.2) is 4.39 Å². The largest absolute Gasteiger partial charge is 0.380 e. The van der Waals surface area contributed by atoms with Crippen LogP contribution in [-0.2, 0) is 4.79 Å². The third-order valence-electron chi connectivity index (χ3n) is 2.89. The number of hydrogen-bond acceptors (Lipinski definition) is 2. The zero-order valence-electron chi connectivity index (χ0n) is 9.68. The Morgan fingerprint density at radius 3 is 2.76 bits per heavy atom. The van der Waals surface area contributed by atoms with Gasteiger partial charge in [0.2, 0.25) is 5.91 Å². The molecule has 1 unspecified atom stereocenters. The molecule has 2 N–H and O–H groups in total. The molecule has 5 heteroatoms. The number of halogens is 2. The van der Waals surface area contributed by atoms with Crippen molar-refractivity contribution in [2.24, 2.45) is 5.92 Å². The van der Waals surface area contributed by atoms with Gasteiger partial charge in [0.1, 0.15) is 5.82 Å². The van der Waals surface area contributed by atoms with Gasteiger partial charge >= 0.3 is 0 Å². The molecule has 3 nitrogen and oxygen atoms in total. The van der Waals surface area contributed by atoms with Gasteiger partial charge in [-0.2, -0.15) is 0 Å². The maximum atomic E-state index is 13.3. The van der Waals surface area contributed by atoms with E-state index in [4.69, 9.17) is 11.6 Å². The summed E-state index contributed by atoms with van der Waals surface area (Å²) in [6.07, 6.45) is 0.367. The van der Waals surface area contributed by atoms with Crippen LogP contribution in [0.5, 0.6) is 0 Å². The standard InChI is InChI=1S/C12H14ClFN2O/c1-6(2)9-5-12(17)16-11-4-8(14)7(13)3-10(11)15-9/h3-4,6,9,15H,5H2,1-2H3,(H,16,17). The van der Waals surface area contributed by atoms with Crippen molar-refractivity contribution in [3.8, 4) is 0 Å². The van der Waals surface area contributed by atoms with Crippen LogP contribution in [0.25, 0.3) is 0 Å². The van der Waals surface area contributed by atoms with E-state index < -0.39 is 5.82 Å². The van der Waals surface area contributed by atoms with E-state index in [9.17, 15) is 9.18 Å². The molecule has 1 aromatic rings. The van der Waals surface area contributed by atoms with Crippen LogP contribution in [0.15, 0.2) is 12.1 Å². The Hall–Kier alpha value is -1.29. The number of nitrogens with one attached hydrogen (secondary N) is 2. The van der Waals surface area contributed by atoms with Gasteiger partial charge in [0.25, 0.3) is 0 Å². The summed E-state index contributed by atoms with van der Waals surface area (Å²) < 4.78 is 13.3. The fourth-order valence-electron chi connectivity index (χ4n) is 1.82. The minimum Gasteiger partial charge on any atom is -0.380 e. The van der Waals surface area contributed by atoms with Crippen molar-refractivity contribution < 1.29 is 9.18 Å². The molecule has 1 aliphatic heterocycles. The molecule has 92 valence electrons. The highest BCUT2D eigenvalue weighted by molar-refractivity contribution is 6.31. The lowest BCUT2D eigenvalue weighted by Gasteiger charge is -2.20. The molecule has 1 amide bonds. The second-order valence-corrected chi connectivity index (χ2v) is 4.97. The van der Waals surface area contributed by atoms with Crippen LogP contribution < -0.4 is 10.6 Å². The Bertz CT molecular complexity index is 462. The number of carbonyl (C=O) groups is 1. The molecule has 1 heterocycles. The molecular weight excluding hydrogens is 243 g/mol. The average Bonchev–Trinajstić information content (AvgIpc) is 2.38. The van der Waals surface area contributed by atoms with Crippen LogP contribution >= 0.6 is 11.6 Å². The van der Waals surface area contributed by atoms with Crippen molar-refractivity contribution in [2.45, 2.75) is 26.3 Å². The molecule has 17 heavy (non-hydrogen) atoms. The van der Waals surface area contributed by atoms with Crippen LogP contribution in [0, 0.1) is 11.7 Å². The van der Waals surface area contributed by atoms with Crippen LogP contribution in [0.2, 0.25) is 5.02 Å². The van der Waals surface area contributed by atoms with Crippen molar-refractivity contribution in [2.75, 3.05) is 10.6 Å². The van der Waals surface area contributed by atoms with E-state index in [2.05, 4.69) is 10.6 Å². The third-order valence-corrected chi connectivity index (χ3v) is 3.18. The molecule has 0 saturated heterocycles. The number of anilines is 2. The van der Waals surface area contributed by atoms with Crippen molar-refractivity contribution in [1.29, 1.82) is 0 Å². The topological polar surface area (TPSA) is 41.1 Å². The van der Waals surface area contributed by atoms with E-state index in [1.165, 1.54) is 12.1 Å². The minimum absolute atomic E-state index is 0.0257. The molecule has 0 spiro atoms. The molecule has 0 aromatic heterocycles. The Morgan fingerprint density at radius 2 is 2.12 bits per heavy atom. The Balaban J connectivity index is 2.41. The average molecular weight is 257 g/mol. The fourth-order valence-corrected chi connectivity index (χ4v) is 1.99. The minimum atomic E-state index is -0.532. The first-order chi connectivity index (χ1) is 7.97. The Kier molecular flexibility index (Phi) is 3.24. The molecule has 0 saturated carbocycles. The van der Waals surface area contributed by atoms with E-state index in [0.717, 1.165) is 0 Å². The first-order valence-electron chi connectivity index (χ1n) is 5.53. The normalized spacial score (nSPS) is 19.4. The first kappa shape index (κ1) is 12.2. The smallest absolute Gasteiger partial charge is 0.226 e. The summed E-state index contributed by atoms with van der Waals surface area (Å²) in [4.78, 5) is 11.7. The molecular formula is C12H14ClFN2O. The molecule has 1 aromatic carbocycles. The van der Waals surface area contributed by atoms with E-state index in [0.29, 0.717) is 23.7 Å². The van der Waals surface area contributed by atoms with Gasteiger partial charge in [-0.15, -0.1) is 0 Å². The van der Waals surface area contributed by atoms with Crippen molar-refractivity contribution in [3.63, 3.8) is 0 Å². The first-order valence-corrected chi connectivity index (χ1v) is 5.90. The Morgan fingerprint density at radius 1 is 1.41 bits per heavy atom. The van der Waals surface area contributed by atoms with Gasteiger partial charge in [0, 0.05) is 18.5 Å². The highest BCUT2D eigenvalue weighted by atomic mass is 35.5. The molecule has 1 aliphatic rings. The number of carbonyl (C=O) groups excluding carboxylic acids is 1. The lowest BCUT2D eigenvalue weighted by molar-refractivity contribution is -0.116. The van der Waals surface area contributed by atoms with E-state index in [1.807, 2.05) is 13.8 Å². The molecule has 0 aliphatic carbocycles. The fraction of sp³-hybridized carbons (Fsp3) is 0.417. The van der Waals surface area contributed by atoms with Crippen molar-refractivity contribution in [3.05, 3.63) is 23.0 Å². The number of benzene rings is 1. The molecule has 2 rings (SSSR count). The van der Waals surface area contributed by atoms with E-state index in [1.54, 1.807) is 0 Å². The van der Waals surface area contributed by atoms with Crippen molar-refractivity contribution in [1.82, 2.24) is 0 Å². The van der Waals surface area contributed by atoms with Gasteiger partial charge in [-0.3, -0.25) is 4.79 Å². The number of hydrogen-bond donors (Lipinski definition) is 2. The second-order valence-electron chi connectivity index (χ2n) is 4.56. The lowest BCUT2D eigenvalue weighted by atomic mass is 10.0. The number of amides is 1. The van der Waals surface area contributed by atoms with Crippen LogP contribution in [0.4, 0.5) is 15.8 Å². The molecule has 0 bridgehead atoms. The van der Waals surface area contributed by atoms with Gasteiger partial charge in [-0.05, 0) is 12.0 Å². The van der Waals surface area contributed by atoms with Crippen molar-refractivity contribution >= 4 is 28.9 Å². The van der Waals surface area contributed by atoms with Crippen LogP contribution in [-0.4, -0.2) is 11.9 Å². The van der Waals surface area contributed by atoms with E-state index in [-0.39, 0.29) is 17.0 Å². The predicted octanol–water partition coefficient (Wildman–Crippen LogP) is 3.26. The summed E-state index contributed by atoms with van der Waals surface area (Å²) in [6, 6.07) is 2.77. The molecule has 0 radical (unpaired) electrons. The quantitative estimate of drug-likeness (QED) is 0.810. The van der Waals surface area contributed by atoms with E-state index >= 15 is 0 Å². The van der Waals surface area contributed by atoms with Gasteiger partial charge in [0.15, 0.2) is 0 Å². The summed E-state index contributed by atoms with van der Waals surface area (Å²) >= 11 is 5.73. The SMILES string of the molecule is CC(C)C1CC(=O)Nc2cc(F)c(Cl)cc2N1. The maximum absolute atomic E-state index is 13.3. The van der Waals surface area contributed by atoms with Crippen LogP contribution in [0.3, 0.4) is 0 Å². The van der Waals surface area contributed by atoms with Gasteiger partial charge in [-0.1, -0.05) is 25.4 Å². The van der Waals surface area contributed by atoms with Gasteiger partial charge in [0.05, 0.1) is 16.4 Å². The zero-order valence-corrected chi connectivity index (χ0v) is 10.4. The predicted molar refractivity (Wildman–Crippen MR) is 66.9 cm³/mol. The van der Waals surface area contributed by atoms with Crippen LogP contribution in [0.1, 0.15) is 20.3 Å². The highest BCUT2D eigenvalue weighted by Crippen LogP contribution is 2.32. The second kappa shape index (κ2) is 4.53. The summed E-state index contributed by atoms with van der Waals surface area (Å²) in [7, 11) is 0. The highest BCUT2D eigenvalue weighted by Gasteiger charge is 2.23. The maximum Gasteiger partial charge on any atom is 0.226 e. The summed E-state index contributed by atoms with van der Waals surface area (Å²) in [5.41, 5.74) is 1.11. The number of fused-ring (bicyclic) bond motifs is 1.